The summed E-state index contributed by atoms with van der Waals surface area (Å²) >= 11 is 0. The standard InChI is InChI=1S/C33H40N2O9.H3O4P/c1-38-19-7-8-20-21-9-10-35-16-18-13-27(44-32(36)17-11-25(39-2)30(41-4)26(12-17)40-3)31(42-5)28(33(37)43-6)22(18)15-24(35)29(21)34-23(20)14-19;1-5(2,3)4/h7-8,11-12,14,18,22,24,27-28,31,34H,9-10,13,15-16H2,1-6H3;(H3,1,2,3,4)/t18-,22+,24-,27-,28+,31+;/m1./s1. The Morgan fingerprint density at radius 3 is 2.16 bits per heavy atom. The van der Waals surface area contributed by atoms with Crippen LogP contribution in [-0.4, -0.2) is 104 Å². The van der Waals surface area contributed by atoms with Gasteiger partial charge in [0.05, 0.1) is 53.1 Å². The van der Waals surface area contributed by atoms with Crippen LogP contribution in [0.4, 0.5) is 0 Å². The van der Waals surface area contributed by atoms with Gasteiger partial charge in [-0.2, -0.15) is 0 Å². The first-order chi connectivity index (χ1) is 23.3. The van der Waals surface area contributed by atoms with Crippen LogP contribution in [0.1, 0.15) is 40.5 Å². The number of methoxy groups -OCH3 is 6. The number of ether oxygens (including phenoxy) is 7. The SMILES string of the molecule is COC(=O)[C@H]1[C@H]2C[C@@H]3c4[nH]c5cc(OC)ccc5c4CCN3C[C@H]2C[C@@H](OC(=O)c2cc(OC)c(OC)c(OC)c2)[C@@H]1OC.O=P(O)(O)O. The van der Waals surface area contributed by atoms with Gasteiger partial charge in [-0.15, -0.1) is 0 Å². The van der Waals surface area contributed by atoms with E-state index in [0.717, 1.165) is 37.2 Å². The van der Waals surface area contributed by atoms with Crippen molar-refractivity contribution in [1.82, 2.24) is 9.88 Å². The Labute approximate surface area is 283 Å². The minimum Gasteiger partial charge on any atom is -0.497 e. The number of rotatable bonds is 8. The van der Waals surface area contributed by atoms with Gasteiger partial charge >= 0.3 is 19.8 Å². The van der Waals surface area contributed by atoms with Gasteiger partial charge in [0, 0.05) is 42.9 Å². The average molecular weight is 707 g/mol. The Morgan fingerprint density at radius 1 is 0.918 bits per heavy atom. The van der Waals surface area contributed by atoms with Gasteiger partial charge in [0.2, 0.25) is 5.75 Å². The van der Waals surface area contributed by atoms with E-state index in [-0.39, 0.29) is 29.4 Å². The number of hydrogen-bond donors (Lipinski definition) is 4. The van der Waals surface area contributed by atoms with E-state index in [1.165, 1.54) is 45.1 Å². The zero-order valence-corrected chi connectivity index (χ0v) is 29.1. The highest BCUT2D eigenvalue weighted by Crippen LogP contribution is 2.51. The third-order valence-corrected chi connectivity index (χ3v) is 9.76. The Bertz CT molecular complexity index is 1690. The number of aromatic nitrogens is 1. The normalized spacial score (nSPS) is 24.7. The van der Waals surface area contributed by atoms with Crippen molar-refractivity contribution in [2.45, 2.75) is 37.5 Å². The van der Waals surface area contributed by atoms with Gasteiger partial charge in [-0.1, -0.05) is 0 Å². The zero-order chi connectivity index (χ0) is 35.6. The largest absolute Gasteiger partial charge is 0.497 e. The molecule has 3 aromatic rings. The van der Waals surface area contributed by atoms with Gasteiger partial charge in [-0.05, 0) is 60.9 Å². The molecule has 1 saturated heterocycles. The molecular weight excluding hydrogens is 663 g/mol. The lowest BCUT2D eigenvalue weighted by molar-refractivity contribution is -0.176. The summed E-state index contributed by atoms with van der Waals surface area (Å²) < 4.78 is 48.0. The van der Waals surface area contributed by atoms with Gasteiger partial charge in [0.1, 0.15) is 18.0 Å². The number of esters is 2. The molecule has 268 valence electrons. The van der Waals surface area contributed by atoms with Crippen LogP contribution in [0, 0.1) is 17.8 Å². The van der Waals surface area contributed by atoms with E-state index < -0.39 is 31.9 Å². The van der Waals surface area contributed by atoms with Gasteiger partial charge in [0.15, 0.2) is 11.5 Å². The van der Waals surface area contributed by atoms with E-state index in [1.54, 1.807) is 26.4 Å². The molecule has 2 aromatic carbocycles. The van der Waals surface area contributed by atoms with Crippen LogP contribution in [0.2, 0.25) is 0 Å². The molecule has 1 aliphatic carbocycles. The van der Waals surface area contributed by atoms with Crippen LogP contribution in [-0.2, 0) is 30.0 Å². The van der Waals surface area contributed by atoms with Gasteiger partial charge in [-0.3, -0.25) is 9.69 Å². The molecule has 1 aromatic heterocycles. The van der Waals surface area contributed by atoms with Gasteiger partial charge < -0.3 is 52.8 Å². The molecule has 49 heavy (non-hydrogen) atoms. The van der Waals surface area contributed by atoms with E-state index in [0.29, 0.717) is 23.7 Å². The number of hydrogen-bond acceptors (Lipinski definition) is 11. The quantitative estimate of drug-likeness (QED) is 0.197. The summed E-state index contributed by atoms with van der Waals surface area (Å²) in [5.74, 6) is 0.441. The second kappa shape index (κ2) is 15.0. The van der Waals surface area contributed by atoms with Crippen molar-refractivity contribution in [2.24, 2.45) is 17.8 Å². The molecule has 2 aliphatic heterocycles. The number of carbonyl (C=O) groups excluding carboxylic acids is 2. The number of nitrogens with one attached hydrogen (secondary N) is 1. The van der Waals surface area contributed by atoms with Gasteiger partial charge in [0.25, 0.3) is 0 Å². The first-order valence-electron chi connectivity index (χ1n) is 15.7. The summed E-state index contributed by atoms with van der Waals surface area (Å²) in [5.41, 5.74) is 3.83. The number of fused-ring (bicyclic) bond motifs is 6. The molecule has 4 N–H and O–H groups in total. The van der Waals surface area contributed by atoms with E-state index in [2.05, 4.69) is 16.0 Å². The molecule has 0 unspecified atom stereocenters. The number of benzene rings is 2. The number of phosphoric acid groups is 1. The highest BCUT2D eigenvalue weighted by molar-refractivity contribution is 7.45. The fourth-order valence-corrected chi connectivity index (χ4v) is 7.76. The summed E-state index contributed by atoms with van der Waals surface area (Å²) in [7, 11) is 4.46. The van der Waals surface area contributed by atoms with Crippen molar-refractivity contribution >= 4 is 30.7 Å². The lowest BCUT2D eigenvalue weighted by Crippen LogP contribution is -2.58. The number of aromatic amines is 1. The lowest BCUT2D eigenvalue weighted by atomic mass is 9.63. The summed E-state index contributed by atoms with van der Waals surface area (Å²) in [4.78, 5) is 54.7. The van der Waals surface area contributed by atoms with Crippen molar-refractivity contribution < 1.29 is 62.0 Å². The second-order valence-electron chi connectivity index (χ2n) is 12.2. The Hall–Kier alpha value is -3.85. The van der Waals surface area contributed by atoms with E-state index >= 15 is 0 Å². The highest BCUT2D eigenvalue weighted by Gasteiger charge is 2.54. The van der Waals surface area contributed by atoms with Crippen LogP contribution in [0.15, 0.2) is 30.3 Å². The summed E-state index contributed by atoms with van der Waals surface area (Å²) in [6.07, 6.45) is 0.920. The van der Waals surface area contributed by atoms with E-state index in [1.807, 2.05) is 12.1 Å². The lowest BCUT2D eigenvalue weighted by Gasteiger charge is -2.52. The Morgan fingerprint density at radius 2 is 1.59 bits per heavy atom. The molecular formula is C33H43N2O13P. The molecule has 3 heterocycles. The van der Waals surface area contributed by atoms with Crippen molar-refractivity contribution in [3.63, 3.8) is 0 Å². The second-order valence-corrected chi connectivity index (χ2v) is 13.2. The molecule has 6 atom stereocenters. The van der Waals surface area contributed by atoms with Gasteiger partial charge in [-0.25, -0.2) is 9.36 Å². The average Bonchev–Trinajstić information content (AvgIpc) is 3.46. The summed E-state index contributed by atoms with van der Waals surface area (Å²) in [6, 6.07) is 9.40. The van der Waals surface area contributed by atoms with Crippen molar-refractivity contribution in [3.05, 3.63) is 47.2 Å². The first kappa shape index (κ1) is 36.4. The van der Waals surface area contributed by atoms with E-state index in [4.69, 9.17) is 52.4 Å². The number of carbonyl (C=O) groups is 2. The van der Waals surface area contributed by atoms with Crippen LogP contribution >= 0.6 is 7.82 Å². The molecule has 6 rings (SSSR count). The smallest absolute Gasteiger partial charge is 0.466 e. The van der Waals surface area contributed by atoms with Crippen LogP contribution in [0.3, 0.4) is 0 Å². The maximum Gasteiger partial charge on any atom is 0.466 e. The summed E-state index contributed by atoms with van der Waals surface area (Å²) in [6.45, 7) is 1.68. The monoisotopic (exact) mass is 706 g/mol. The number of piperidine rings is 1. The fraction of sp³-hybridized carbons (Fsp3) is 0.515. The van der Waals surface area contributed by atoms with Crippen LogP contribution in [0.5, 0.6) is 23.0 Å². The molecule has 15 nitrogen and oxygen atoms in total. The maximum atomic E-state index is 13.5. The van der Waals surface area contributed by atoms with E-state index in [9.17, 15) is 9.59 Å². The van der Waals surface area contributed by atoms with Crippen LogP contribution < -0.4 is 18.9 Å². The third kappa shape index (κ3) is 7.52. The Balaban J connectivity index is 0.000000874. The maximum absolute atomic E-state index is 13.5. The first-order valence-corrected chi connectivity index (χ1v) is 17.2. The molecule has 1 saturated carbocycles. The topological polar surface area (TPSA) is 196 Å². The third-order valence-electron chi connectivity index (χ3n) is 9.76. The highest BCUT2D eigenvalue weighted by atomic mass is 31.2. The van der Waals surface area contributed by atoms with Crippen molar-refractivity contribution in [2.75, 3.05) is 55.7 Å². The van der Waals surface area contributed by atoms with Crippen LogP contribution in [0.25, 0.3) is 10.9 Å². The number of nitrogens with zero attached hydrogens (tertiary/aromatic N) is 1. The minimum atomic E-state index is -4.64. The van der Waals surface area contributed by atoms with Crippen molar-refractivity contribution in [1.29, 1.82) is 0 Å². The molecule has 0 amide bonds. The minimum absolute atomic E-state index is 0.0170. The predicted octanol–water partition coefficient (Wildman–Crippen LogP) is 3.24. The summed E-state index contributed by atoms with van der Waals surface area (Å²) in [5, 5.41) is 1.21. The molecule has 0 bridgehead atoms. The fourth-order valence-electron chi connectivity index (χ4n) is 7.76. The molecule has 0 radical (unpaired) electrons. The Kier molecular flexibility index (Phi) is 11.1. The molecule has 3 aliphatic rings. The molecule has 16 heteroatoms. The van der Waals surface area contributed by atoms with Crippen molar-refractivity contribution in [3.8, 4) is 23.0 Å². The predicted molar refractivity (Wildman–Crippen MR) is 175 cm³/mol. The number of H-pyrrole nitrogens is 1. The molecule has 2 fully saturated rings. The molecule has 0 spiro atoms. The zero-order valence-electron chi connectivity index (χ0n) is 28.2.